The number of fused-ring (bicyclic) bond motifs is 1. The molecule has 1 aromatic heterocycles. The number of aromatic nitrogens is 1. The van der Waals surface area contributed by atoms with Crippen LogP contribution >= 0.6 is 23.2 Å². The number of hydrogen-bond donors (Lipinski definition) is 1. The van der Waals surface area contributed by atoms with Gasteiger partial charge >= 0.3 is 0 Å². The Morgan fingerprint density at radius 2 is 1.90 bits per heavy atom. The van der Waals surface area contributed by atoms with Crippen LogP contribution in [-0.4, -0.2) is 4.57 Å². The minimum atomic E-state index is -0.0427. The van der Waals surface area contributed by atoms with Crippen LogP contribution in [0.4, 0.5) is 0 Å². The normalized spacial score (nSPS) is 17.6. The van der Waals surface area contributed by atoms with Gasteiger partial charge in [0.2, 0.25) is 0 Å². The van der Waals surface area contributed by atoms with E-state index >= 15 is 0 Å². The maximum atomic E-state index is 12.3. The maximum Gasteiger partial charge on any atom is 0.251 e. The van der Waals surface area contributed by atoms with Gasteiger partial charge in [-0.1, -0.05) is 35.3 Å². The summed E-state index contributed by atoms with van der Waals surface area (Å²) in [6.45, 7) is 0.382. The van der Waals surface area contributed by atoms with Gasteiger partial charge in [-0.15, -0.1) is 0 Å². The third-order valence-electron chi connectivity index (χ3n) is 4.04. The summed E-state index contributed by atoms with van der Waals surface area (Å²) in [5.41, 5.74) is 8.95. The van der Waals surface area contributed by atoms with Gasteiger partial charge in [-0.3, -0.25) is 4.79 Å². The zero-order valence-electron chi connectivity index (χ0n) is 11.5. The fourth-order valence-electron chi connectivity index (χ4n) is 2.91. The lowest BCUT2D eigenvalue weighted by Crippen LogP contribution is -2.29. The van der Waals surface area contributed by atoms with Gasteiger partial charge in [0.05, 0.1) is 6.54 Å². The van der Waals surface area contributed by atoms with Crippen molar-refractivity contribution in [2.45, 2.75) is 31.8 Å². The zero-order valence-corrected chi connectivity index (χ0v) is 13.0. The van der Waals surface area contributed by atoms with Crippen LogP contribution in [0.1, 0.15) is 35.7 Å². The first kappa shape index (κ1) is 14.6. The Morgan fingerprint density at radius 3 is 2.62 bits per heavy atom. The Hall–Kier alpha value is -1.29. The number of pyridine rings is 1. The Morgan fingerprint density at radius 1 is 1.19 bits per heavy atom. The van der Waals surface area contributed by atoms with Crippen molar-refractivity contribution in [3.05, 3.63) is 67.6 Å². The number of halogens is 2. The van der Waals surface area contributed by atoms with Crippen molar-refractivity contribution in [1.82, 2.24) is 4.57 Å². The molecule has 21 heavy (non-hydrogen) atoms. The first-order valence-corrected chi connectivity index (χ1v) is 7.74. The maximum absolute atomic E-state index is 12.3. The second-order valence-electron chi connectivity index (χ2n) is 5.36. The Labute approximate surface area is 133 Å². The van der Waals surface area contributed by atoms with Crippen molar-refractivity contribution in [2.24, 2.45) is 5.73 Å². The molecule has 0 fully saturated rings. The molecule has 3 rings (SSSR count). The lowest BCUT2D eigenvalue weighted by Gasteiger charge is -2.25. The highest BCUT2D eigenvalue weighted by Crippen LogP contribution is 2.29. The van der Waals surface area contributed by atoms with Crippen LogP contribution in [0, 0.1) is 0 Å². The summed E-state index contributed by atoms with van der Waals surface area (Å²) >= 11 is 12.4. The molecule has 1 aliphatic carbocycles. The van der Waals surface area contributed by atoms with Crippen molar-refractivity contribution in [3.63, 3.8) is 0 Å². The third kappa shape index (κ3) is 2.73. The number of benzene rings is 1. The number of rotatable bonds is 2. The summed E-state index contributed by atoms with van der Waals surface area (Å²) < 4.78 is 1.75. The Kier molecular flexibility index (Phi) is 4.07. The second-order valence-corrected chi connectivity index (χ2v) is 6.17. The van der Waals surface area contributed by atoms with Gasteiger partial charge in [0.1, 0.15) is 0 Å². The first-order chi connectivity index (χ1) is 10.1. The van der Waals surface area contributed by atoms with Crippen molar-refractivity contribution >= 4 is 23.2 Å². The molecule has 0 radical (unpaired) electrons. The van der Waals surface area contributed by atoms with E-state index < -0.39 is 0 Å². The molecule has 2 N–H and O–H groups in total. The minimum absolute atomic E-state index is 0.00215. The molecule has 110 valence electrons. The van der Waals surface area contributed by atoms with E-state index in [4.69, 9.17) is 28.9 Å². The molecule has 1 atom stereocenters. The molecule has 0 amide bonds. The predicted molar refractivity (Wildman–Crippen MR) is 86.1 cm³/mol. The molecule has 1 unspecified atom stereocenters. The lowest BCUT2D eigenvalue weighted by atomic mass is 9.91. The SMILES string of the molecule is NC1CCCc2c1ccc(=O)n2Cc1c(Cl)cccc1Cl. The molecular weight excluding hydrogens is 307 g/mol. The summed E-state index contributed by atoms with van der Waals surface area (Å²) in [7, 11) is 0. The molecule has 0 spiro atoms. The van der Waals surface area contributed by atoms with Crippen molar-refractivity contribution in [2.75, 3.05) is 0 Å². The standard InChI is InChI=1S/C16H16Cl2N2O/c17-12-3-1-4-13(18)11(12)9-20-15-6-2-5-14(19)10(15)7-8-16(20)21/h1,3-4,7-8,14H,2,5-6,9,19H2. The highest BCUT2D eigenvalue weighted by molar-refractivity contribution is 6.35. The molecule has 0 aliphatic heterocycles. The predicted octanol–water partition coefficient (Wildman–Crippen LogP) is 3.54. The summed E-state index contributed by atoms with van der Waals surface area (Å²) in [4.78, 5) is 12.3. The summed E-state index contributed by atoms with van der Waals surface area (Å²) in [5.74, 6) is 0. The van der Waals surface area contributed by atoms with Gasteiger partial charge in [0.25, 0.3) is 5.56 Å². The fraction of sp³-hybridized carbons (Fsp3) is 0.312. The molecule has 2 aromatic rings. The van der Waals surface area contributed by atoms with Crippen molar-refractivity contribution < 1.29 is 0 Å². The quantitative estimate of drug-likeness (QED) is 0.919. The second kappa shape index (κ2) is 5.84. The van der Waals surface area contributed by atoms with E-state index in [2.05, 4.69) is 0 Å². The molecule has 3 nitrogen and oxygen atoms in total. The van der Waals surface area contributed by atoms with Crippen LogP contribution in [0.5, 0.6) is 0 Å². The summed E-state index contributed by atoms with van der Waals surface area (Å²) in [6.07, 6.45) is 2.81. The van der Waals surface area contributed by atoms with Gasteiger partial charge < -0.3 is 10.3 Å². The monoisotopic (exact) mass is 322 g/mol. The fourth-order valence-corrected chi connectivity index (χ4v) is 3.43. The number of hydrogen-bond acceptors (Lipinski definition) is 2. The van der Waals surface area contributed by atoms with Gasteiger partial charge in [-0.25, -0.2) is 0 Å². The van der Waals surface area contributed by atoms with Crippen molar-refractivity contribution in [3.8, 4) is 0 Å². The van der Waals surface area contributed by atoms with Crippen molar-refractivity contribution in [1.29, 1.82) is 0 Å². The molecule has 1 heterocycles. The average Bonchev–Trinajstić information content (AvgIpc) is 2.45. The Bertz CT molecular complexity index is 719. The van der Waals surface area contributed by atoms with E-state index in [9.17, 15) is 4.79 Å². The van der Waals surface area contributed by atoms with Crippen LogP contribution in [0.3, 0.4) is 0 Å². The highest BCUT2D eigenvalue weighted by atomic mass is 35.5. The van der Waals surface area contributed by atoms with E-state index in [0.29, 0.717) is 16.6 Å². The van der Waals surface area contributed by atoms with E-state index in [1.54, 1.807) is 28.8 Å². The average molecular weight is 323 g/mol. The first-order valence-electron chi connectivity index (χ1n) is 6.99. The zero-order chi connectivity index (χ0) is 15.0. The van der Waals surface area contributed by atoms with Crippen LogP contribution in [0.15, 0.2) is 35.1 Å². The van der Waals surface area contributed by atoms with Crippen LogP contribution in [-0.2, 0) is 13.0 Å². The molecule has 1 aliphatic rings. The van der Waals surface area contributed by atoms with Gasteiger partial charge in [0.15, 0.2) is 0 Å². The largest absolute Gasteiger partial charge is 0.324 e. The molecule has 0 saturated carbocycles. The van der Waals surface area contributed by atoms with E-state index in [0.717, 1.165) is 36.1 Å². The number of nitrogens with two attached hydrogens (primary N) is 1. The van der Waals surface area contributed by atoms with Crippen LogP contribution < -0.4 is 11.3 Å². The number of nitrogens with zero attached hydrogens (tertiary/aromatic N) is 1. The van der Waals surface area contributed by atoms with Gasteiger partial charge in [-0.05, 0) is 37.0 Å². The Balaban J connectivity index is 2.11. The van der Waals surface area contributed by atoms with E-state index in [1.807, 2.05) is 6.07 Å². The van der Waals surface area contributed by atoms with Gasteiger partial charge in [-0.2, -0.15) is 0 Å². The van der Waals surface area contributed by atoms with E-state index in [-0.39, 0.29) is 11.6 Å². The molecule has 1 aromatic carbocycles. The topological polar surface area (TPSA) is 48.0 Å². The van der Waals surface area contributed by atoms with Crippen LogP contribution in [0.2, 0.25) is 10.0 Å². The highest BCUT2D eigenvalue weighted by Gasteiger charge is 2.21. The lowest BCUT2D eigenvalue weighted by molar-refractivity contribution is 0.529. The molecule has 0 bridgehead atoms. The molecule has 5 heteroatoms. The summed E-state index contributed by atoms with van der Waals surface area (Å²) in [5, 5.41) is 1.15. The minimum Gasteiger partial charge on any atom is -0.324 e. The molecule has 0 saturated heterocycles. The third-order valence-corrected chi connectivity index (χ3v) is 4.74. The smallest absolute Gasteiger partial charge is 0.251 e. The van der Waals surface area contributed by atoms with E-state index in [1.165, 1.54) is 0 Å². The summed E-state index contributed by atoms with van der Waals surface area (Å²) in [6, 6.07) is 8.81. The molecular formula is C16H16Cl2N2O. The van der Waals surface area contributed by atoms with Gasteiger partial charge in [0, 0.05) is 33.4 Å². The van der Waals surface area contributed by atoms with Crippen LogP contribution in [0.25, 0.3) is 0 Å².